The van der Waals surface area contributed by atoms with E-state index in [1.807, 2.05) is 37.3 Å². The van der Waals surface area contributed by atoms with E-state index < -0.39 is 10.0 Å². The Kier molecular flexibility index (Phi) is 6.64. The van der Waals surface area contributed by atoms with Gasteiger partial charge >= 0.3 is 0 Å². The Balaban J connectivity index is 1.46. The zero-order valence-electron chi connectivity index (χ0n) is 15.4. The Morgan fingerprint density at radius 3 is 2.52 bits per heavy atom. The van der Waals surface area contributed by atoms with Gasteiger partial charge in [0.15, 0.2) is 6.04 Å². The van der Waals surface area contributed by atoms with Crippen molar-refractivity contribution in [2.75, 3.05) is 32.7 Å². The van der Waals surface area contributed by atoms with Gasteiger partial charge in [0.25, 0.3) is 15.9 Å². The van der Waals surface area contributed by atoms with Crippen LogP contribution < -0.4 is 10.2 Å². The van der Waals surface area contributed by atoms with Crippen LogP contribution in [0.3, 0.4) is 0 Å². The third kappa shape index (κ3) is 4.95. The lowest BCUT2D eigenvalue weighted by atomic mass is 10.1. The molecule has 3 rings (SSSR count). The lowest BCUT2D eigenvalue weighted by Crippen LogP contribution is -3.19. The smallest absolute Gasteiger partial charge is 0.278 e. The first-order valence-corrected chi connectivity index (χ1v) is 11.5. The van der Waals surface area contributed by atoms with Crippen molar-refractivity contribution in [3.05, 3.63) is 53.4 Å². The van der Waals surface area contributed by atoms with Crippen molar-refractivity contribution in [3.63, 3.8) is 0 Å². The highest BCUT2D eigenvalue weighted by atomic mass is 32.2. The molecule has 0 bridgehead atoms. The minimum Gasteiger partial charge on any atom is -0.351 e. The number of nitrogens with zero attached hydrogens (tertiary/aromatic N) is 1. The van der Waals surface area contributed by atoms with Crippen LogP contribution in [0.25, 0.3) is 0 Å². The maximum Gasteiger partial charge on any atom is 0.278 e. The normalized spacial score (nSPS) is 17.5. The van der Waals surface area contributed by atoms with Crippen molar-refractivity contribution in [1.82, 2.24) is 9.62 Å². The van der Waals surface area contributed by atoms with Crippen molar-refractivity contribution >= 4 is 27.3 Å². The minimum absolute atomic E-state index is 0.0236. The summed E-state index contributed by atoms with van der Waals surface area (Å²) in [4.78, 5) is 13.6. The standard InChI is InChI=1S/C19H25N3O3S2/c1-16(19(23)20-10-9-17-6-3-2-4-7-17)21-11-13-22(14-12-21)27(24,25)18-8-5-15-26-18/h2-8,15-16H,9-14H2,1H3,(H,20,23)/p+1/t16-/m0/s1. The van der Waals surface area contributed by atoms with Gasteiger partial charge in [0.1, 0.15) is 4.21 Å². The Morgan fingerprint density at radius 1 is 1.19 bits per heavy atom. The summed E-state index contributed by atoms with van der Waals surface area (Å²) in [5, 5.41) is 4.78. The molecule has 1 saturated heterocycles. The number of sulfonamides is 1. The second kappa shape index (κ2) is 8.97. The van der Waals surface area contributed by atoms with E-state index in [1.54, 1.807) is 17.5 Å². The molecular weight excluding hydrogens is 382 g/mol. The molecule has 2 aromatic rings. The zero-order valence-corrected chi connectivity index (χ0v) is 17.1. The fraction of sp³-hybridized carbons (Fsp3) is 0.421. The molecule has 0 unspecified atom stereocenters. The Morgan fingerprint density at radius 2 is 1.89 bits per heavy atom. The summed E-state index contributed by atoms with van der Waals surface area (Å²) < 4.78 is 27.1. The van der Waals surface area contributed by atoms with E-state index in [0.717, 1.165) is 11.3 Å². The molecule has 1 atom stereocenters. The van der Waals surface area contributed by atoms with Crippen molar-refractivity contribution in [1.29, 1.82) is 0 Å². The molecule has 1 amide bonds. The molecule has 146 valence electrons. The molecule has 27 heavy (non-hydrogen) atoms. The fourth-order valence-electron chi connectivity index (χ4n) is 3.30. The summed E-state index contributed by atoms with van der Waals surface area (Å²) in [5.41, 5.74) is 1.20. The number of hydrogen-bond donors (Lipinski definition) is 2. The van der Waals surface area contributed by atoms with Crippen LogP contribution in [0.5, 0.6) is 0 Å². The molecule has 1 aliphatic heterocycles. The minimum atomic E-state index is -3.39. The predicted molar refractivity (Wildman–Crippen MR) is 106 cm³/mol. The number of hydrogen-bond acceptors (Lipinski definition) is 4. The first-order valence-electron chi connectivity index (χ1n) is 9.18. The van der Waals surface area contributed by atoms with E-state index in [0.29, 0.717) is 36.9 Å². The number of rotatable bonds is 7. The number of nitrogens with one attached hydrogen (secondary N) is 2. The molecule has 0 aliphatic carbocycles. The van der Waals surface area contributed by atoms with Crippen LogP contribution in [0, 0.1) is 0 Å². The third-order valence-corrected chi connectivity index (χ3v) is 8.29. The van der Waals surface area contributed by atoms with Gasteiger partial charge in [-0.25, -0.2) is 8.42 Å². The van der Waals surface area contributed by atoms with E-state index >= 15 is 0 Å². The maximum absolute atomic E-state index is 12.6. The number of benzene rings is 1. The lowest BCUT2D eigenvalue weighted by molar-refractivity contribution is -0.917. The predicted octanol–water partition coefficient (Wildman–Crippen LogP) is 0.385. The highest BCUT2D eigenvalue weighted by molar-refractivity contribution is 7.91. The first kappa shape index (κ1) is 20.0. The Bertz CT molecular complexity index is 830. The van der Waals surface area contributed by atoms with Gasteiger partial charge in [-0.2, -0.15) is 4.31 Å². The van der Waals surface area contributed by atoms with Crippen LogP contribution in [0.2, 0.25) is 0 Å². The molecule has 8 heteroatoms. The fourth-order valence-corrected chi connectivity index (χ4v) is 5.88. The van der Waals surface area contributed by atoms with Gasteiger partial charge in [0.2, 0.25) is 0 Å². The molecule has 1 fully saturated rings. The van der Waals surface area contributed by atoms with Gasteiger partial charge in [-0.15, -0.1) is 11.3 Å². The van der Waals surface area contributed by atoms with Gasteiger partial charge in [-0.05, 0) is 30.4 Å². The van der Waals surface area contributed by atoms with Crippen molar-refractivity contribution < 1.29 is 18.1 Å². The number of amides is 1. The van der Waals surface area contributed by atoms with Crippen LogP contribution in [-0.4, -0.2) is 57.4 Å². The molecule has 0 spiro atoms. The second-order valence-electron chi connectivity index (χ2n) is 6.74. The van der Waals surface area contributed by atoms with Crippen LogP contribution >= 0.6 is 11.3 Å². The molecule has 1 aliphatic rings. The third-order valence-electron chi connectivity index (χ3n) is 5.02. The zero-order chi connectivity index (χ0) is 19.3. The maximum atomic E-state index is 12.6. The van der Waals surface area contributed by atoms with E-state index in [2.05, 4.69) is 5.32 Å². The largest absolute Gasteiger partial charge is 0.351 e. The number of carbonyl (C=O) groups is 1. The summed E-state index contributed by atoms with van der Waals surface area (Å²) in [6.07, 6.45) is 0.807. The average Bonchev–Trinajstić information content (AvgIpc) is 3.24. The lowest BCUT2D eigenvalue weighted by Gasteiger charge is -2.33. The SMILES string of the molecule is C[C@@H](C(=O)NCCc1ccccc1)[NH+]1CCN(S(=O)(=O)c2cccs2)CC1. The van der Waals surface area contributed by atoms with E-state index in [-0.39, 0.29) is 11.9 Å². The molecule has 2 N–H and O–H groups in total. The van der Waals surface area contributed by atoms with E-state index in [1.165, 1.54) is 21.2 Å². The van der Waals surface area contributed by atoms with E-state index in [9.17, 15) is 13.2 Å². The van der Waals surface area contributed by atoms with Gasteiger partial charge in [-0.3, -0.25) is 4.79 Å². The summed E-state index contributed by atoms with van der Waals surface area (Å²) in [7, 11) is -3.39. The topological polar surface area (TPSA) is 70.9 Å². The van der Waals surface area contributed by atoms with Crippen LogP contribution in [0.1, 0.15) is 12.5 Å². The Labute approximate surface area is 164 Å². The van der Waals surface area contributed by atoms with Crippen LogP contribution in [-0.2, 0) is 21.2 Å². The Hall–Kier alpha value is -1.74. The van der Waals surface area contributed by atoms with Gasteiger partial charge in [-0.1, -0.05) is 36.4 Å². The molecule has 6 nitrogen and oxygen atoms in total. The first-order chi connectivity index (χ1) is 13.0. The number of carbonyl (C=O) groups excluding carboxylic acids is 1. The second-order valence-corrected chi connectivity index (χ2v) is 9.86. The summed E-state index contributed by atoms with van der Waals surface area (Å²) in [6, 6.07) is 13.3. The van der Waals surface area contributed by atoms with Crippen LogP contribution in [0.4, 0.5) is 0 Å². The summed E-state index contributed by atoms with van der Waals surface area (Å²) >= 11 is 1.24. The van der Waals surface area contributed by atoms with Gasteiger partial charge < -0.3 is 10.2 Å². The summed E-state index contributed by atoms with van der Waals surface area (Å²) in [5.74, 6) is 0.0236. The molecule has 2 heterocycles. The molecule has 0 radical (unpaired) electrons. The number of piperazine rings is 1. The summed E-state index contributed by atoms with van der Waals surface area (Å²) in [6.45, 7) is 4.68. The molecule has 1 aromatic carbocycles. The monoisotopic (exact) mass is 408 g/mol. The van der Waals surface area contributed by atoms with E-state index in [4.69, 9.17) is 0 Å². The quantitative estimate of drug-likeness (QED) is 0.696. The van der Waals surface area contributed by atoms with Crippen molar-refractivity contribution in [2.45, 2.75) is 23.6 Å². The number of thiophene rings is 1. The van der Waals surface area contributed by atoms with Crippen molar-refractivity contribution in [2.24, 2.45) is 0 Å². The van der Waals surface area contributed by atoms with Crippen LogP contribution in [0.15, 0.2) is 52.1 Å². The van der Waals surface area contributed by atoms with Crippen molar-refractivity contribution in [3.8, 4) is 0 Å². The molecular formula is C19H26N3O3S2+. The highest BCUT2D eigenvalue weighted by Crippen LogP contribution is 2.20. The van der Waals surface area contributed by atoms with Gasteiger partial charge in [0.05, 0.1) is 26.2 Å². The molecule has 0 saturated carbocycles. The number of quaternary nitrogens is 1. The molecule has 1 aromatic heterocycles. The van der Waals surface area contributed by atoms with Gasteiger partial charge in [0, 0.05) is 6.54 Å². The average molecular weight is 409 g/mol. The highest BCUT2D eigenvalue weighted by Gasteiger charge is 2.34.